The van der Waals surface area contributed by atoms with Gasteiger partial charge in [0.1, 0.15) is 0 Å². The van der Waals surface area contributed by atoms with E-state index in [-0.39, 0.29) is 9.94 Å². The summed E-state index contributed by atoms with van der Waals surface area (Å²) in [4.78, 5) is 0.0577. The van der Waals surface area contributed by atoms with Crippen LogP contribution in [0.1, 0.15) is 6.92 Å². The third-order valence-electron chi connectivity index (χ3n) is 1.11. The highest BCUT2D eigenvalue weighted by atomic mass is 35.5. The first-order valence-corrected chi connectivity index (χ1v) is 5.54. The van der Waals surface area contributed by atoms with Crippen molar-refractivity contribution in [3.05, 3.63) is 34.7 Å². The smallest absolute Gasteiger partial charge is 0.176 e. The molecule has 0 bridgehead atoms. The summed E-state index contributed by atoms with van der Waals surface area (Å²) in [5.41, 5.74) is 0. The highest BCUT2D eigenvalue weighted by Crippen LogP contribution is 2.17. The molecule has 0 aromatic rings. The standard InChI is InChI=1S/C8H11ClO2S/c1-4-5-6-8(7(2)9)12(3,10)11/h4-6H,2H2,1,3H3/b5-4-,8-6+. The summed E-state index contributed by atoms with van der Waals surface area (Å²) in [6, 6.07) is 0. The summed E-state index contributed by atoms with van der Waals surface area (Å²) in [5.74, 6) is 0. The van der Waals surface area contributed by atoms with Crippen molar-refractivity contribution in [3.63, 3.8) is 0 Å². The minimum atomic E-state index is -3.26. The van der Waals surface area contributed by atoms with Crippen molar-refractivity contribution in [1.29, 1.82) is 0 Å². The van der Waals surface area contributed by atoms with Crippen LogP contribution >= 0.6 is 11.6 Å². The molecule has 0 spiro atoms. The van der Waals surface area contributed by atoms with Gasteiger partial charge in [0.05, 0.1) is 9.94 Å². The molecule has 0 saturated carbocycles. The Morgan fingerprint density at radius 2 is 2.00 bits per heavy atom. The molecular formula is C8H11ClO2S. The fourth-order valence-corrected chi connectivity index (χ4v) is 1.81. The lowest BCUT2D eigenvalue weighted by Crippen LogP contribution is -2.00. The Kier molecular flexibility index (Phi) is 4.28. The van der Waals surface area contributed by atoms with Gasteiger partial charge in [0, 0.05) is 6.26 Å². The van der Waals surface area contributed by atoms with Gasteiger partial charge < -0.3 is 0 Å². The van der Waals surface area contributed by atoms with Crippen molar-refractivity contribution in [1.82, 2.24) is 0 Å². The molecule has 0 aromatic carbocycles. The van der Waals surface area contributed by atoms with Crippen LogP contribution in [0.3, 0.4) is 0 Å². The molecule has 0 aliphatic rings. The van der Waals surface area contributed by atoms with Crippen LogP contribution in [0.25, 0.3) is 0 Å². The molecule has 0 unspecified atom stereocenters. The molecule has 0 radical (unpaired) electrons. The highest BCUT2D eigenvalue weighted by Gasteiger charge is 2.11. The van der Waals surface area contributed by atoms with Gasteiger partial charge in [0.2, 0.25) is 0 Å². The fourth-order valence-electron chi connectivity index (χ4n) is 0.599. The van der Waals surface area contributed by atoms with Crippen LogP contribution in [0.15, 0.2) is 34.7 Å². The predicted octanol–water partition coefficient (Wildman–Crippen LogP) is 2.24. The monoisotopic (exact) mass is 206 g/mol. The van der Waals surface area contributed by atoms with Gasteiger partial charge >= 0.3 is 0 Å². The van der Waals surface area contributed by atoms with Crippen LogP contribution < -0.4 is 0 Å². The van der Waals surface area contributed by atoms with Crippen LogP contribution in [0.5, 0.6) is 0 Å². The second-order valence-electron chi connectivity index (χ2n) is 2.23. The second-order valence-corrected chi connectivity index (χ2v) is 4.67. The summed E-state index contributed by atoms with van der Waals surface area (Å²) in [5, 5.41) is 0.0376. The Balaban J connectivity index is 5.08. The van der Waals surface area contributed by atoms with Crippen molar-refractivity contribution in [2.75, 3.05) is 6.26 Å². The van der Waals surface area contributed by atoms with Gasteiger partial charge in [0.15, 0.2) is 9.84 Å². The zero-order chi connectivity index (χ0) is 9.78. The van der Waals surface area contributed by atoms with Crippen molar-refractivity contribution in [3.8, 4) is 0 Å². The fraction of sp³-hybridized carbons (Fsp3) is 0.250. The van der Waals surface area contributed by atoms with E-state index in [0.29, 0.717) is 0 Å². The minimum absolute atomic E-state index is 0.0376. The normalized spacial score (nSPS) is 13.8. The molecule has 2 nitrogen and oxygen atoms in total. The molecule has 0 atom stereocenters. The molecule has 0 heterocycles. The second kappa shape index (κ2) is 4.48. The van der Waals surface area contributed by atoms with Crippen molar-refractivity contribution in [2.45, 2.75) is 6.92 Å². The van der Waals surface area contributed by atoms with Crippen LogP contribution in [-0.2, 0) is 9.84 Å². The van der Waals surface area contributed by atoms with E-state index >= 15 is 0 Å². The predicted molar refractivity (Wildman–Crippen MR) is 52.7 cm³/mol. The van der Waals surface area contributed by atoms with E-state index in [9.17, 15) is 8.42 Å². The van der Waals surface area contributed by atoms with Gasteiger partial charge in [-0.25, -0.2) is 8.42 Å². The average Bonchev–Trinajstić information content (AvgIpc) is 1.84. The zero-order valence-electron chi connectivity index (χ0n) is 7.04. The molecule has 0 saturated heterocycles. The summed E-state index contributed by atoms with van der Waals surface area (Å²) >= 11 is 5.49. The average molecular weight is 207 g/mol. The molecule has 0 aliphatic carbocycles. The summed E-state index contributed by atoms with van der Waals surface area (Å²) in [6.07, 6.45) is 5.83. The van der Waals surface area contributed by atoms with E-state index < -0.39 is 9.84 Å². The largest absolute Gasteiger partial charge is 0.224 e. The summed E-state index contributed by atoms with van der Waals surface area (Å²) in [7, 11) is -3.26. The van der Waals surface area contributed by atoms with E-state index in [4.69, 9.17) is 11.6 Å². The van der Waals surface area contributed by atoms with Crippen molar-refractivity contribution in [2.24, 2.45) is 0 Å². The minimum Gasteiger partial charge on any atom is -0.224 e. The lowest BCUT2D eigenvalue weighted by Gasteiger charge is -1.99. The van der Waals surface area contributed by atoms with E-state index in [1.165, 1.54) is 6.08 Å². The van der Waals surface area contributed by atoms with Gasteiger partial charge in [0.25, 0.3) is 0 Å². The first-order valence-electron chi connectivity index (χ1n) is 3.27. The number of allylic oxidation sites excluding steroid dienone is 4. The first kappa shape index (κ1) is 11.5. The topological polar surface area (TPSA) is 34.1 Å². The Morgan fingerprint density at radius 1 is 1.50 bits per heavy atom. The van der Waals surface area contributed by atoms with Crippen molar-refractivity contribution >= 4 is 21.4 Å². The number of hydrogen-bond donors (Lipinski definition) is 0. The van der Waals surface area contributed by atoms with Gasteiger partial charge in [-0.2, -0.15) is 0 Å². The molecule has 4 heteroatoms. The number of halogens is 1. The van der Waals surface area contributed by atoms with Crippen LogP contribution in [0.2, 0.25) is 0 Å². The Labute approximate surface area is 78.2 Å². The number of rotatable bonds is 3. The van der Waals surface area contributed by atoms with E-state index in [2.05, 4.69) is 6.58 Å². The molecule has 0 rings (SSSR count). The van der Waals surface area contributed by atoms with Crippen LogP contribution in [0, 0.1) is 0 Å². The van der Waals surface area contributed by atoms with Crippen LogP contribution in [0.4, 0.5) is 0 Å². The summed E-state index contributed by atoms with van der Waals surface area (Å²) in [6.45, 7) is 5.14. The zero-order valence-corrected chi connectivity index (χ0v) is 8.61. The maximum absolute atomic E-state index is 11.0. The van der Waals surface area contributed by atoms with E-state index in [1.807, 2.05) is 0 Å². The molecule has 0 aliphatic heterocycles. The molecule has 68 valence electrons. The quantitative estimate of drug-likeness (QED) is 0.664. The number of sulfone groups is 1. The maximum Gasteiger partial charge on any atom is 0.176 e. The molecule has 0 amide bonds. The molecular weight excluding hydrogens is 196 g/mol. The Hall–Kier alpha value is -0.540. The Bertz CT molecular complexity index is 323. The summed E-state index contributed by atoms with van der Waals surface area (Å²) < 4.78 is 22.1. The highest BCUT2D eigenvalue weighted by molar-refractivity contribution is 7.94. The van der Waals surface area contributed by atoms with Gasteiger partial charge in [-0.3, -0.25) is 0 Å². The lowest BCUT2D eigenvalue weighted by atomic mass is 10.4. The third kappa shape index (κ3) is 3.74. The SMILES string of the molecule is C=C(Cl)/C(=C\C=C/C)S(C)(=O)=O. The van der Waals surface area contributed by atoms with Crippen molar-refractivity contribution < 1.29 is 8.42 Å². The van der Waals surface area contributed by atoms with Gasteiger partial charge in [-0.15, -0.1) is 0 Å². The molecule has 0 N–H and O–H groups in total. The van der Waals surface area contributed by atoms with E-state index in [1.54, 1.807) is 19.1 Å². The Morgan fingerprint density at radius 3 is 2.25 bits per heavy atom. The van der Waals surface area contributed by atoms with Crippen LogP contribution in [-0.4, -0.2) is 14.7 Å². The molecule has 0 aromatic heterocycles. The third-order valence-corrected chi connectivity index (χ3v) is 2.60. The lowest BCUT2D eigenvalue weighted by molar-refractivity contribution is 0.608. The van der Waals surface area contributed by atoms with Gasteiger partial charge in [-0.05, 0) is 13.0 Å². The number of hydrogen-bond acceptors (Lipinski definition) is 2. The van der Waals surface area contributed by atoms with E-state index in [0.717, 1.165) is 6.26 Å². The van der Waals surface area contributed by atoms with Gasteiger partial charge in [-0.1, -0.05) is 30.3 Å². The maximum atomic E-state index is 11.0. The molecule has 0 fully saturated rings. The first-order chi connectivity index (χ1) is 5.39. The molecule has 12 heavy (non-hydrogen) atoms.